The Morgan fingerprint density at radius 1 is 1.29 bits per heavy atom. The minimum atomic E-state index is -2.99. The number of carboxylic acid groups (broad SMARTS) is 1. The van der Waals surface area contributed by atoms with E-state index in [1.807, 2.05) is 0 Å². The standard InChI is InChI=1S/C28H34F3N3O4/c29-19-7-9-22(24-15-28(30,31)17-38-24)23(14-19)25(27(35)36)34-12-10-21(16-34)37-13-2-1-5-20-8-6-18-4-3-11-32-26(18)33-20/h6-9,14,21,24-25H,1-5,10-13,15-17H2,(H,32,33)(H,35,36)/t21-,24?,25-/m1/s1. The molecule has 3 aliphatic heterocycles. The zero-order chi connectivity index (χ0) is 26.7. The first kappa shape index (κ1) is 26.9. The van der Waals surface area contributed by atoms with Gasteiger partial charge in [0.15, 0.2) is 0 Å². The highest BCUT2D eigenvalue weighted by Crippen LogP contribution is 2.42. The maximum atomic E-state index is 14.2. The van der Waals surface area contributed by atoms with Crippen molar-refractivity contribution in [2.75, 3.05) is 38.2 Å². The second-order valence-electron chi connectivity index (χ2n) is 10.4. The fourth-order valence-corrected chi connectivity index (χ4v) is 5.66. The van der Waals surface area contributed by atoms with Gasteiger partial charge in [-0.1, -0.05) is 12.1 Å². The number of anilines is 1. The molecule has 2 N–H and O–H groups in total. The lowest BCUT2D eigenvalue weighted by Gasteiger charge is -2.27. The van der Waals surface area contributed by atoms with Crippen molar-refractivity contribution >= 4 is 11.8 Å². The largest absolute Gasteiger partial charge is 0.480 e. The van der Waals surface area contributed by atoms with Crippen LogP contribution in [-0.2, 0) is 27.1 Å². The second-order valence-corrected chi connectivity index (χ2v) is 10.4. The molecule has 38 heavy (non-hydrogen) atoms. The normalized spacial score (nSPS) is 23.7. The van der Waals surface area contributed by atoms with Crippen LogP contribution < -0.4 is 5.32 Å². The maximum Gasteiger partial charge on any atom is 0.325 e. The topological polar surface area (TPSA) is 83.9 Å². The molecule has 0 bridgehead atoms. The minimum Gasteiger partial charge on any atom is -0.480 e. The number of aromatic nitrogens is 1. The Balaban J connectivity index is 1.14. The molecule has 0 saturated carbocycles. The van der Waals surface area contributed by atoms with Crippen molar-refractivity contribution < 1.29 is 32.5 Å². The highest BCUT2D eigenvalue weighted by Gasteiger charge is 2.44. The molecule has 3 atom stereocenters. The molecule has 5 rings (SSSR count). The summed E-state index contributed by atoms with van der Waals surface area (Å²) in [5, 5.41) is 13.4. The van der Waals surface area contributed by atoms with Crippen LogP contribution in [0, 0.1) is 5.82 Å². The number of alkyl halides is 2. The molecule has 2 aromatic rings. The van der Waals surface area contributed by atoms with Gasteiger partial charge in [-0.05, 0) is 73.4 Å². The quantitative estimate of drug-likeness (QED) is 0.420. The number of pyridine rings is 1. The first-order valence-corrected chi connectivity index (χ1v) is 13.4. The summed E-state index contributed by atoms with van der Waals surface area (Å²) in [7, 11) is 0. The molecule has 7 nitrogen and oxygen atoms in total. The first-order valence-electron chi connectivity index (χ1n) is 13.4. The van der Waals surface area contributed by atoms with Gasteiger partial charge in [-0.25, -0.2) is 18.2 Å². The molecule has 0 aliphatic carbocycles. The molecule has 1 aromatic carbocycles. The summed E-state index contributed by atoms with van der Waals surface area (Å²) in [6, 6.07) is 6.73. The van der Waals surface area contributed by atoms with E-state index in [1.165, 1.54) is 11.6 Å². The number of benzene rings is 1. The molecule has 0 spiro atoms. The summed E-state index contributed by atoms with van der Waals surface area (Å²) in [6.45, 7) is 1.60. The highest BCUT2D eigenvalue weighted by molar-refractivity contribution is 5.76. The van der Waals surface area contributed by atoms with Gasteiger partial charge in [-0.15, -0.1) is 0 Å². The number of fused-ring (bicyclic) bond motifs is 1. The van der Waals surface area contributed by atoms with Gasteiger partial charge in [0.2, 0.25) is 0 Å². The van der Waals surface area contributed by atoms with Crippen molar-refractivity contribution in [3.05, 3.63) is 58.5 Å². The molecule has 1 unspecified atom stereocenters. The number of carboxylic acids is 1. The molecule has 0 amide bonds. The summed E-state index contributed by atoms with van der Waals surface area (Å²) < 4.78 is 53.1. The van der Waals surface area contributed by atoms with Crippen molar-refractivity contribution in [3.8, 4) is 0 Å². The van der Waals surface area contributed by atoms with Crippen LogP contribution in [0.1, 0.15) is 66.6 Å². The number of nitrogens with one attached hydrogen (secondary N) is 1. The summed E-state index contributed by atoms with van der Waals surface area (Å²) in [6.07, 6.45) is 3.81. The van der Waals surface area contributed by atoms with Crippen LogP contribution in [0.4, 0.5) is 19.0 Å². The molecule has 4 heterocycles. The number of aryl methyl sites for hydroxylation is 2. The molecule has 1 aromatic heterocycles. The number of aliphatic carboxylic acids is 1. The summed E-state index contributed by atoms with van der Waals surface area (Å²) in [5.74, 6) is -3.77. The van der Waals surface area contributed by atoms with E-state index in [-0.39, 0.29) is 11.7 Å². The number of nitrogens with zero attached hydrogens (tertiary/aromatic N) is 2. The summed E-state index contributed by atoms with van der Waals surface area (Å²) >= 11 is 0. The van der Waals surface area contributed by atoms with E-state index < -0.39 is 42.9 Å². The van der Waals surface area contributed by atoms with Crippen molar-refractivity contribution in [3.63, 3.8) is 0 Å². The Hall–Kier alpha value is -2.69. The highest BCUT2D eigenvalue weighted by atomic mass is 19.3. The van der Waals surface area contributed by atoms with E-state index in [2.05, 4.69) is 17.4 Å². The number of rotatable bonds is 10. The maximum absolute atomic E-state index is 14.2. The Kier molecular flexibility index (Phi) is 8.20. The molecule has 2 fully saturated rings. The van der Waals surface area contributed by atoms with Crippen LogP contribution in [0.25, 0.3) is 0 Å². The third-order valence-electron chi connectivity index (χ3n) is 7.58. The van der Waals surface area contributed by atoms with Gasteiger partial charge in [0.1, 0.15) is 24.3 Å². The lowest BCUT2D eigenvalue weighted by atomic mass is 9.93. The van der Waals surface area contributed by atoms with Crippen LogP contribution in [-0.4, -0.2) is 65.8 Å². The number of unbranched alkanes of at least 4 members (excludes halogenated alkanes) is 1. The Morgan fingerprint density at radius 3 is 2.95 bits per heavy atom. The van der Waals surface area contributed by atoms with Gasteiger partial charge < -0.3 is 19.9 Å². The number of carbonyl (C=O) groups is 1. The number of likely N-dealkylation sites (tertiary alicyclic amines) is 1. The molecule has 0 radical (unpaired) electrons. The van der Waals surface area contributed by atoms with Crippen molar-refractivity contribution in [2.45, 2.75) is 69.1 Å². The first-order chi connectivity index (χ1) is 18.3. The van der Waals surface area contributed by atoms with Gasteiger partial charge in [-0.2, -0.15) is 0 Å². The molecule has 2 saturated heterocycles. The summed E-state index contributed by atoms with van der Waals surface area (Å²) in [5.41, 5.74) is 2.79. The monoisotopic (exact) mass is 533 g/mol. The molecule has 10 heteroatoms. The van der Waals surface area contributed by atoms with Gasteiger partial charge in [0.05, 0.1) is 12.2 Å². The van der Waals surface area contributed by atoms with Crippen LogP contribution in [0.3, 0.4) is 0 Å². The van der Waals surface area contributed by atoms with Crippen LogP contribution in [0.5, 0.6) is 0 Å². The van der Waals surface area contributed by atoms with E-state index in [9.17, 15) is 23.1 Å². The lowest BCUT2D eigenvalue weighted by molar-refractivity contribution is -0.143. The third-order valence-corrected chi connectivity index (χ3v) is 7.58. The van der Waals surface area contributed by atoms with E-state index in [0.717, 1.165) is 62.3 Å². The molecule has 3 aliphatic rings. The predicted octanol–water partition coefficient (Wildman–Crippen LogP) is 4.92. The van der Waals surface area contributed by atoms with Crippen LogP contribution in [0.15, 0.2) is 30.3 Å². The van der Waals surface area contributed by atoms with Crippen molar-refractivity contribution in [1.29, 1.82) is 0 Å². The summed E-state index contributed by atoms with van der Waals surface area (Å²) in [4.78, 5) is 18.8. The second kappa shape index (κ2) is 11.6. The number of halogens is 3. The van der Waals surface area contributed by atoms with Crippen LogP contribution in [0.2, 0.25) is 0 Å². The number of hydrogen-bond acceptors (Lipinski definition) is 6. The van der Waals surface area contributed by atoms with E-state index in [4.69, 9.17) is 14.5 Å². The van der Waals surface area contributed by atoms with E-state index in [0.29, 0.717) is 31.7 Å². The zero-order valence-electron chi connectivity index (χ0n) is 21.3. The fourth-order valence-electron chi connectivity index (χ4n) is 5.66. The average Bonchev–Trinajstić information content (AvgIpc) is 3.49. The third kappa shape index (κ3) is 6.30. The van der Waals surface area contributed by atoms with Crippen molar-refractivity contribution in [2.24, 2.45) is 0 Å². The van der Waals surface area contributed by atoms with Gasteiger partial charge in [0, 0.05) is 38.4 Å². The Labute approximate surface area is 220 Å². The van der Waals surface area contributed by atoms with E-state index >= 15 is 0 Å². The predicted molar refractivity (Wildman–Crippen MR) is 135 cm³/mol. The molecule has 206 valence electrons. The Bertz CT molecular complexity index is 1150. The van der Waals surface area contributed by atoms with Gasteiger partial charge >= 0.3 is 5.97 Å². The molecular formula is C28H34F3N3O4. The van der Waals surface area contributed by atoms with E-state index in [1.54, 1.807) is 4.90 Å². The van der Waals surface area contributed by atoms with Gasteiger partial charge in [0.25, 0.3) is 5.92 Å². The van der Waals surface area contributed by atoms with Crippen LogP contribution >= 0.6 is 0 Å². The van der Waals surface area contributed by atoms with Crippen molar-refractivity contribution in [1.82, 2.24) is 9.88 Å². The van der Waals surface area contributed by atoms with Gasteiger partial charge in [-0.3, -0.25) is 9.69 Å². The number of ether oxygens (including phenoxy) is 2. The smallest absolute Gasteiger partial charge is 0.325 e. The minimum absolute atomic E-state index is 0.146. The average molecular weight is 534 g/mol. The lowest BCUT2D eigenvalue weighted by Crippen LogP contribution is -2.34. The zero-order valence-corrected chi connectivity index (χ0v) is 21.3. The fraction of sp³-hybridized carbons (Fsp3) is 0.571. The number of hydrogen-bond donors (Lipinski definition) is 2. The Morgan fingerprint density at radius 2 is 2.16 bits per heavy atom. The molecular weight excluding hydrogens is 499 g/mol. The SMILES string of the molecule is O=C(O)[C@@H](c1cc(F)ccc1C1CC(F)(F)CO1)N1CC[C@@H](OCCCCc2ccc3c(n2)NCCC3)C1.